The van der Waals surface area contributed by atoms with Gasteiger partial charge in [-0.15, -0.1) is 11.6 Å². The Kier molecular flexibility index (Phi) is 5.99. The smallest absolute Gasteiger partial charge is 0.300 e. The monoisotopic (exact) mass is 236 g/mol. The number of carboxylic acids is 1. The van der Waals surface area contributed by atoms with Gasteiger partial charge in [-0.3, -0.25) is 9.78 Å². The van der Waals surface area contributed by atoms with Crippen LogP contribution in [-0.4, -0.2) is 16.1 Å². The van der Waals surface area contributed by atoms with Crippen LogP contribution in [0.15, 0.2) is 12.3 Å². The van der Waals surface area contributed by atoms with Crippen LogP contribution in [0.25, 0.3) is 0 Å². The number of aromatic nitrogens is 1. The van der Waals surface area contributed by atoms with Gasteiger partial charge in [-0.1, -0.05) is 11.6 Å². The highest BCUT2D eigenvalue weighted by atomic mass is 35.5. The van der Waals surface area contributed by atoms with Crippen molar-refractivity contribution < 1.29 is 9.90 Å². The Morgan fingerprint density at radius 1 is 1.71 bits per heavy atom. The summed E-state index contributed by atoms with van der Waals surface area (Å²) in [4.78, 5) is 12.9. The number of nitrogens with zero attached hydrogens (tertiary/aromatic N) is 1. The number of nitrogen functional groups attached to an aromatic ring is 1. The highest BCUT2D eigenvalue weighted by molar-refractivity contribution is 6.32. The third-order valence-electron chi connectivity index (χ3n) is 1.08. The van der Waals surface area contributed by atoms with Gasteiger partial charge in [-0.25, -0.2) is 0 Å². The van der Waals surface area contributed by atoms with E-state index < -0.39 is 5.97 Å². The van der Waals surface area contributed by atoms with Crippen molar-refractivity contribution >= 4 is 34.9 Å². The van der Waals surface area contributed by atoms with E-state index in [9.17, 15) is 0 Å². The largest absolute Gasteiger partial charge is 0.481 e. The van der Waals surface area contributed by atoms with Gasteiger partial charge < -0.3 is 10.8 Å². The summed E-state index contributed by atoms with van der Waals surface area (Å²) in [6.07, 6.45) is 1.49. The van der Waals surface area contributed by atoms with Gasteiger partial charge in [0.1, 0.15) is 0 Å². The number of carbonyl (C=O) groups is 1. The molecular weight excluding hydrogens is 227 g/mol. The van der Waals surface area contributed by atoms with Crippen molar-refractivity contribution in [3.8, 4) is 0 Å². The first-order chi connectivity index (χ1) is 6.47. The maximum absolute atomic E-state index is 9.00. The van der Waals surface area contributed by atoms with E-state index in [1.165, 1.54) is 6.20 Å². The quantitative estimate of drug-likeness (QED) is 0.733. The summed E-state index contributed by atoms with van der Waals surface area (Å²) in [5, 5.41) is 7.88. The Labute approximate surface area is 91.7 Å². The van der Waals surface area contributed by atoms with Gasteiger partial charge in [0.25, 0.3) is 5.97 Å². The molecule has 78 valence electrons. The Morgan fingerprint density at radius 2 is 2.21 bits per heavy atom. The second kappa shape index (κ2) is 6.45. The molecule has 0 aliphatic heterocycles. The molecule has 3 N–H and O–H groups in total. The van der Waals surface area contributed by atoms with Crippen molar-refractivity contribution in [2.75, 3.05) is 5.73 Å². The van der Waals surface area contributed by atoms with Crippen molar-refractivity contribution in [3.05, 3.63) is 23.0 Å². The molecule has 0 aliphatic carbocycles. The van der Waals surface area contributed by atoms with Crippen LogP contribution >= 0.6 is 23.2 Å². The third kappa shape index (κ3) is 5.61. The molecule has 0 atom stereocenters. The van der Waals surface area contributed by atoms with Crippen LogP contribution in [0.1, 0.15) is 12.6 Å². The highest BCUT2D eigenvalue weighted by Gasteiger charge is 1.96. The van der Waals surface area contributed by atoms with Crippen molar-refractivity contribution in [1.29, 1.82) is 0 Å². The average Bonchev–Trinajstić information content (AvgIpc) is 2.09. The topological polar surface area (TPSA) is 76.2 Å². The molecule has 0 radical (unpaired) electrons. The number of rotatable bonds is 1. The van der Waals surface area contributed by atoms with Crippen LogP contribution in [0.3, 0.4) is 0 Å². The first-order valence-electron chi connectivity index (χ1n) is 3.62. The van der Waals surface area contributed by atoms with Crippen molar-refractivity contribution in [3.63, 3.8) is 0 Å². The summed E-state index contributed by atoms with van der Waals surface area (Å²) < 4.78 is 0. The van der Waals surface area contributed by atoms with Crippen LogP contribution < -0.4 is 5.73 Å². The van der Waals surface area contributed by atoms with E-state index in [-0.39, 0.29) is 0 Å². The Hall–Kier alpha value is -1.00. The second-order valence-corrected chi connectivity index (χ2v) is 3.02. The van der Waals surface area contributed by atoms with Gasteiger partial charge in [0.2, 0.25) is 0 Å². The molecule has 0 unspecified atom stereocenters. The van der Waals surface area contributed by atoms with E-state index in [0.29, 0.717) is 16.6 Å². The molecule has 0 bridgehead atoms. The lowest BCUT2D eigenvalue weighted by molar-refractivity contribution is -0.134. The lowest BCUT2D eigenvalue weighted by atomic mass is 10.3. The molecule has 0 spiro atoms. The van der Waals surface area contributed by atoms with E-state index in [1.54, 1.807) is 6.07 Å². The zero-order valence-electron chi connectivity index (χ0n) is 7.50. The lowest BCUT2D eigenvalue weighted by Gasteiger charge is -1.97. The molecule has 1 aromatic heterocycles. The normalized spacial score (nSPS) is 8.79. The predicted molar refractivity (Wildman–Crippen MR) is 56.5 cm³/mol. The van der Waals surface area contributed by atoms with Gasteiger partial charge >= 0.3 is 0 Å². The van der Waals surface area contributed by atoms with Gasteiger partial charge in [-0.2, -0.15) is 0 Å². The van der Waals surface area contributed by atoms with Crippen LogP contribution in [0, 0.1) is 0 Å². The molecule has 0 aliphatic rings. The lowest BCUT2D eigenvalue weighted by Crippen LogP contribution is -1.91. The molecule has 14 heavy (non-hydrogen) atoms. The second-order valence-electron chi connectivity index (χ2n) is 2.35. The van der Waals surface area contributed by atoms with Crippen molar-refractivity contribution in [1.82, 2.24) is 4.98 Å². The fourth-order valence-electron chi connectivity index (χ4n) is 0.573. The maximum atomic E-state index is 9.00. The van der Waals surface area contributed by atoms with E-state index >= 15 is 0 Å². The number of pyridine rings is 1. The van der Waals surface area contributed by atoms with E-state index in [4.69, 9.17) is 38.8 Å². The minimum absolute atomic E-state index is 0.362. The zero-order valence-corrected chi connectivity index (χ0v) is 9.01. The van der Waals surface area contributed by atoms with Crippen LogP contribution in [0.2, 0.25) is 5.02 Å². The minimum Gasteiger partial charge on any atom is -0.481 e. The number of alkyl halides is 1. The summed E-state index contributed by atoms with van der Waals surface area (Å²) in [5.74, 6) is -0.471. The molecule has 1 heterocycles. The molecule has 1 aromatic rings. The molecule has 0 aromatic carbocycles. The first-order valence-corrected chi connectivity index (χ1v) is 4.54. The number of halogens is 2. The summed E-state index contributed by atoms with van der Waals surface area (Å²) in [7, 11) is 0. The number of hydrogen-bond donors (Lipinski definition) is 2. The van der Waals surface area contributed by atoms with Gasteiger partial charge in [0, 0.05) is 13.1 Å². The molecule has 0 amide bonds. The van der Waals surface area contributed by atoms with E-state index in [2.05, 4.69) is 4.98 Å². The number of anilines is 1. The molecule has 0 saturated carbocycles. The zero-order chi connectivity index (χ0) is 11.1. The van der Waals surface area contributed by atoms with Gasteiger partial charge in [0.15, 0.2) is 0 Å². The summed E-state index contributed by atoms with van der Waals surface area (Å²) in [6, 6.07) is 1.66. The Morgan fingerprint density at radius 3 is 2.57 bits per heavy atom. The maximum Gasteiger partial charge on any atom is 0.300 e. The highest BCUT2D eigenvalue weighted by Crippen LogP contribution is 2.17. The van der Waals surface area contributed by atoms with Crippen molar-refractivity contribution in [2.45, 2.75) is 12.8 Å². The molecular formula is C8H10Cl2N2O2. The summed E-state index contributed by atoms with van der Waals surface area (Å²) in [5.41, 5.74) is 6.73. The molecule has 1 rings (SSSR count). The Balaban J connectivity index is 0.000000364. The fourth-order valence-corrected chi connectivity index (χ4v) is 0.822. The van der Waals surface area contributed by atoms with Gasteiger partial charge in [0.05, 0.1) is 22.3 Å². The molecule has 0 saturated heterocycles. The SMILES string of the molecule is CC(=O)O.Nc1cc(CCl)ncc1Cl. The van der Waals surface area contributed by atoms with Crippen LogP contribution in [0.5, 0.6) is 0 Å². The number of carboxylic acid groups (broad SMARTS) is 1. The molecule has 4 nitrogen and oxygen atoms in total. The Bertz CT molecular complexity index is 314. The number of aliphatic carboxylic acids is 1. The van der Waals surface area contributed by atoms with Crippen LogP contribution in [0.4, 0.5) is 5.69 Å². The minimum atomic E-state index is -0.833. The average molecular weight is 237 g/mol. The third-order valence-corrected chi connectivity index (χ3v) is 1.67. The van der Waals surface area contributed by atoms with E-state index in [0.717, 1.165) is 12.6 Å². The molecule has 0 fully saturated rings. The standard InChI is InChI=1S/C6H6Cl2N2.C2H4O2/c7-2-4-1-6(9)5(8)3-10-4;1-2(3)4/h1,3H,2H2,(H2,9,10);1H3,(H,3,4). The predicted octanol–water partition coefficient (Wildman–Crippen LogP) is 2.15. The van der Waals surface area contributed by atoms with Crippen molar-refractivity contribution in [2.24, 2.45) is 0 Å². The summed E-state index contributed by atoms with van der Waals surface area (Å²) >= 11 is 11.1. The first kappa shape index (κ1) is 13.0. The van der Waals surface area contributed by atoms with E-state index in [1.807, 2.05) is 0 Å². The molecule has 6 heteroatoms. The fraction of sp³-hybridized carbons (Fsp3) is 0.250. The van der Waals surface area contributed by atoms with Crippen LogP contribution in [-0.2, 0) is 10.7 Å². The summed E-state index contributed by atoms with van der Waals surface area (Å²) in [6.45, 7) is 1.08. The number of nitrogens with two attached hydrogens (primary N) is 1. The van der Waals surface area contributed by atoms with Gasteiger partial charge in [-0.05, 0) is 6.07 Å². The number of hydrogen-bond acceptors (Lipinski definition) is 3.